The molecular weight excluding hydrogens is 322 g/mol. The third-order valence-electron chi connectivity index (χ3n) is 5.17. The molecule has 0 radical (unpaired) electrons. The minimum absolute atomic E-state index is 0.240. The minimum Gasteiger partial charge on any atom is -0.370 e. The van der Waals surface area contributed by atoms with Gasteiger partial charge in [-0.3, -0.25) is 4.79 Å². The fourth-order valence-corrected chi connectivity index (χ4v) is 3.63. The first-order valence-electron chi connectivity index (χ1n) is 9.38. The molecule has 4 heteroatoms. The molecule has 0 spiro atoms. The molecule has 2 heterocycles. The Morgan fingerprint density at radius 1 is 0.923 bits per heavy atom. The topological polar surface area (TPSA) is 48.1 Å². The van der Waals surface area contributed by atoms with Gasteiger partial charge in [-0.25, -0.2) is 0 Å². The van der Waals surface area contributed by atoms with E-state index in [9.17, 15) is 4.79 Å². The third kappa shape index (κ3) is 3.51. The highest BCUT2D eigenvalue weighted by Crippen LogP contribution is 2.35. The van der Waals surface area contributed by atoms with Crippen molar-refractivity contribution in [3.05, 3.63) is 54.1 Å². The van der Waals surface area contributed by atoms with E-state index < -0.39 is 0 Å². The zero-order valence-corrected chi connectivity index (χ0v) is 15.2. The average molecular weight is 347 g/mol. The number of hydrogen-bond donors (Lipinski definition) is 2. The molecule has 1 aliphatic carbocycles. The Morgan fingerprint density at radius 2 is 1.77 bits per heavy atom. The molecule has 0 saturated carbocycles. The number of H-pyrrole nitrogens is 1. The average Bonchev–Trinajstić information content (AvgIpc) is 3.08. The van der Waals surface area contributed by atoms with Gasteiger partial charge in [-0.1, -0.05) is 30.3 Å². The van der Waals surface area contributed by atoms with Crippen LogP contribution in [0.4, 0.5) is 5.82 Å². The van der Waals surface area contributed by atoms with Crippen LogP contribution in [0.25, 0.3) is 22.4 Å². The lowest BCUT2D eigenvalue weighted by Gasteiger charge is -2.18. The molecule has 0 aromatic heterocycles. The zero-order chi connectivity index (χ0) is 17.9. The number of likely N-dealkylation sites (N-methyl/N-ethyl adjacent to an activating group) is 1. The molecule has 134 valence electrons. The summed E-state index contributed by atoms with van der Waals surface area (Å²) in [4.78, 5) is 18.4. The van der Waals surface area contributed by atoms with Crippen LogP contribution >= 0.6 is 0 Å². The number of Topliss-reactive ketones (excluding diaryl/α,β-unsaturated/α-hetero) is 1. The van der Waals surface area contributed by atoms with E-state index in [2.05, 4.69) is 52.6 Å². The Hall–Kier alpha value is -2.59. The summed E-state index contributed by atoms with van der Waals surface area (Å²) in [7, 11) is 2.14. The van der Waals surface area contributed by atoms with Crippen LogP contribution < -0.4 is 5.32 Å². The van der Waals surface area contributed by atoms with Crippen molar-refractivity contribution >= 4 is 11.6 Å². The normalized spacial score (nSPS) is 16.7. The second-order valence-electron chi connectivity index (χ2n) is 7.14. The van der Waals surface area contributed by atoms with E-state index in [1.54, 1.807) is 0 Å². The van der Waals surface area contributed by atoms with Gasteiger partial charge in [0.25, 0.3) is 0 Å². The molecule has 0 fully saturated rings. The van der Waals surface area contributed by atoms with Crippen LogP contribution in [0.2, 0.25) is 0 Å². The van der Waals surface area contributed by atoms with Crippen molar-refractivity contribution in [1.29, 1.82) is 0 Å². The molecule has 1 aromatic carbocycles. The molecule has 2 aliphatic heterocycles. The number of rotatable bonds is 0. The van der Waals surface area contributed by atoms with Crippen LogP contribution in [0, 0.1) is 0 Å². The van der Waals surface area contributed by atoms with E-state index in [1.807, 2.05) is 18.2 Å². The van der Waals surface area contributed by atoms with Gasteiger partial charge in [-0.2, -0.15) is 0 Å². The molecule has 1 aromatic rings. The van der Waals surface area contributed by atoms with E-state index in [-0.39, 0.29) is 5.78 Å². The first-order valence-corrected chi connectivity index (χ1v) is 9.38. The maximum absolute atomic E-state index is 12.6. The second kappa shape index (κ2) is 7.34. The Balaban J connectivity index is 1.74. The standard InChI is InChI=1S/C22H25N3O/c1-25-13-3-2-7-20(26)18-6-4-5-17(15-18)19-10-8-16-9-11-21(23-12-14-25)24-22(16)19/h4-6,8-11,15,23-24H,2-3,7,12-14H2,1H3. The van der Waals surface area contributed by atoms with Gasteiger partial charge in [0.15, 0.2) is 5.78 Å². The predicted molar refractivity (Wildman–Crippen MR) is 107 cm³/mol. The highest BCUT2D eigenvalue weighted by atomic mass is 16.1. The molecule has 0 saturated heterocycles. The van der Waals surface area contributed by atoms with Crippen LogP contribution in [0.1, 0.15) is 29.6 Å². The summed E-state index contributed by atoms with van der Waals surface area (Å²) < 4.78 is 0. The lowest BCUT2D eigenvalue weighted by molar-refractivity contribution is 0.0978. The quantitative estimate of drug-likeness (QED) is 0.629. The van der Waals surface area contributed by atoms with Crippen LogP contribution in [0.5, 0.6) is 0 Å². The summed E-state index contributed by atoms with van der Waals surface area (Å²) in [6.45, 7) is 2.89. The molecule has 2 N–H and O–H groups in total. The van der Waals surface area contributed by atoms with Crippen molar-refractivity contribution in [1.82, 2.24) is 9.88 Å². The first kappa shape index (κ1) is 16.9. The number of fused-ring (bicyclic) bond motifs is 4. The summed E-state index contributed by atoms with van der Waals surface area (Å²) in [5.74, 6) is 1.27. The Kier molecular flexibility index (Phi) is 4.76. The second-order valence-corrected chi connectivity index (χ2v) is 7.14. The van der Waals surface area contributed by atoms with E-state index in [0.717, 1.165) is 60.7 Å². The summed E-state index contributed by atoms with van der Waals surface area (Å²) in [6, 6.07) is 16.5. The fraction of sp³-hybridized carbons (Fsp3) is 0.318. The van der Waals surface area contributed by atoms with Crippen molar-refractivity contribution in [2.24, 2.45) is 0 Å². The van der Waals surface area contributed by atoms with Crippen molar-refractivity contribution in [2.45, 2.75) is 19.3 Å². The molecule has 3 aliphatic rings. The van der Waals surface area contributed by atoms with Crippen molar-refractivity contribution in [2.75, 3.05) is 32.0 Å². The largest absolute Gasteiger partial charge is 0.370 e. The zero-order valence-electron chi connectivity index (χ0n) is 15.2. The lowest BCUT2D eigenvalue weighted by atomic mass is 9.99. The molecule has 26 heavy (non-hydrogen) atoms. The number of carbonyl (C=O) groups is 1. The molecule has 0 atom stereocenters. The molecule has 4 nitrogen and oxygen atoms in total. The number of carbonyl (C=O) groups excluding carboxylic acids is 1. The number of hydrogen-bond acceptors (Lipinski definition) is 3. The minimum atomic E-state index is 0.240. The number of nitrogens with one attached hydrogen (secondary N) is 2. The Morgan fingerprint density at radius 3 is 2.69 bits per heavy atom. The van der Waals surface area contributed by atoms with Crippen molar-refractivity contribution < 1.29 is 4.79 Å². The SMILES string of the molecule is CN1CCCCC(=O)c2cccc(c2)-c2ccc3ccc([nH]c2-3)NCC1. The number of anilines is 1. The van der Waals surface area contributed by atoms with Gasteiger partial charge in [0, 0.05) is 30.6 Å². The third-order valence-corrected chi connectivity index (χ3v) is 5.17. The Labute approximate surface area is 154 Å². The highest BCUT2D eigenvalue weighted by Gasteiger charge is 2.14. The van der Waals surface area contributed by atoms with Gasteiger partial charge in [-0.05, 0) is 55.8 Å². The first-order chi connectivity index (χ1) is 12.7. The van der Waals surface area contributed by atoms with Gasteiger partial charge in [-0.15, -0.1) is 0 Å². The smallest absolute Gasteiger partial charge is 0.162 e. The highest BCUT2D eigenvalue weighted by molar-refractivity contribution is 5.98. The van der Waals surface area contributed by atoms with Crippen LogP contribution in [-0.4, -0.2) is 42.3 Å². The van der Waals surface area contributed by atoms with Gasteiger partial charge in [0.2, 0.25) is 0 Å². The van der Waals surface area contributed by atoms with Gasteiger partial charge >= 0.3 is 0 Å². The van der Waals surface area contributed by atoms with Gasteiger partial charge < -0.3 is 15.2 Å². The van der Waals surface area contributed by atoms with Gasteiger partial charge in [0.1, 0.15) is 5.82 Å². The molecule has 0 amide bonds. The maximum atomic E-state index is 12.6. The van der Waals surface area contributed by atoms with E-state index in [1.165, 1.54) is 5.56 Å². The molecular formula is C22H25N3O. The molecule has 0 unspecified atom stereocenters. The number of nitrogens with zero attached hydrogens (tertiary/aromatic N) is 1. The lowest BCUT2D eigenvalue weighted by Crippen LogP contribution is -2.26. The van der Waals surface area contributed by atoms with Gasteiger partial charge in [0.05, 0.1) is 5.69 Å². The van der Waals surface area contributed by atoms with E-state index >= 15 is 0 Å². The number of ketones is 1. The number of aromatic nitrogens is 1. The molecule has 4 rings (SSSR count). The number of aromatic amines is 1. The fourth-order valence-electron chi connectivity index (χ4n) is 3.63. The summed E-state index contributed by atoms with van der Waals surface area (Å²) in [5.41, 5.74) is 5.33. The summed E-state index contributed by atoms with van der Waals surface area (Å²) in [6.07, 6.45) is 2.61. The van der Waals surface area contributed by atoms with Crippen LogP contribution in [0.3, 0.4) is 0 Å². The predicted octanol–water partition coefficient (Wildman–Crippen LogP) is 4.50. The Bertz CT molecular complexity index is 883. The summed E-state index contributed by atoms with van der Waals surface area (Å²) in [5, 5.41) is 3.49. The van der Waals surface area contributed by atoms with E-state index in [0.29, 0.717) is 6.42 Å². The van der Waals surface area contributed by atoms with Crippen molar-refractivity contribution in [3.8, 4) is 22.4 Å². The van der Waals surface area contributed by atoms with Crippen LogP contribution in [-0.2, 0) is 0 Å². The van der Waals surface area contributed by atoms with Crippen LogP contribution in [0.15, 0.2) is 48.5 Å². The van der Waals surface area contributed by atoms with Crippen molar-refractivity contribution in [3.63, 3.8) is 0 Å². The van der Waals surface area contributed by atoms with E-state index in [4.69, 9.17) is 0 Å². The number of benzene rings is 1. The molecule has 4 bridgehead atoms. The number of pyridine rings is 1. The maximum Gasteiger partial charge on any atom is 0.162 e. The monoisotopic (exact) mass is 347 g/mol. The summed E-state index contributed by atoms with van der Waals surface area (Å²) >= 11 is 0.